The van der Waals surface area contributed by atoms with Crippen molar-refractivity contribution >= 4 is 23.0 Å². The minimum Gasteiger partial charge on any atom is -0.451 e. The second-order valence-corrected chi connectivity index (χ2v) is 6.80. The molecule has 0 aliphatic carbocycles. The number of furan rings is 1. The molecule has 2 aliphatic rings. The zero-order chi connectivity index (χ0) is 18.4. The van der Waals surface area contributed by atoms with Gasteiger partial charge in [0.1, 0.15) is 11.7 Å². The number of carbonyl (C=O) groups excluding carboxylic acids is 2. The third kappa shape index (κ3) is 2.71. The van der Waals surface area contributed by atoms with Gasteiger partial charge in [-0.25, -0.2) is 4.79 Å². The number of pyridine rings is 1. The highest BCUT2D eigenvalue weighted by atomic mass is 16.6. The number of nitrogens with zero attached hydrogens (tertiary/aromatic N) is 3. The lowest BCUT2D eigenvalue weighted by Gasteiger charge is -2.21. The van der Waals surface area contributed by atoms with Gasteiger partial charge in [-0.05, 0) is 24.3 Å². The Morgan fingerprint density at radius 1 is 1.15 bits per heavy atom. The number of ether oxygens (including phenoxy) is 1. The summed E-state index contributed by atoms with van der Waals surface area (Å²) in [6, 6.07) is 14.7. The molecule has 1 aromatic carbocycles. The van der Waals surface area contributed by atoms with E-state index < -0.39 is 0 Å². The summed E-state index contributed by atoms with van der Waals surface area (Å²) in [5, 5.41) is 0.892. The highest BCUT2D eigenvalue weighted by Gasteiger charge is 2.49. The van der Waals surface area contributed by atoms with Crippen LogP contribution in [-0.4, -0.2) is 52.0 Å². The van der Waals surface area contributed by atoms with Crippen LogP contribution in [0.25, 0.3) is 11.0 Å². The number of amides is 2. The van der Waals surface area contributed by atoms with Crippen LogP contribution >= 0.6 is 0 Å². The molecule has 3 aromatic rings. The summed E-state index contributed by atoms with van der Waals surface area (Å²) in [4.78, 5) is 32.7. The van der Waals surface area contributed by atoms with Crippen molar-refractivity contribution < 1.29 is 18.7 Å². The second kappa shape index (κ2) is 6.12. The van der Waals surface area contributed by atoms with Crippen LogP contribution in [0.4, 0.5) is 4.79 Å². The van der Waals surface area contributed by atoms with Gasteiger partial charge in [0, 0.05) is 18.1 Å². The molecular weight excluding hydrogens is 346 g/mol. The van der Waals surface area contributed by atoms with Crippen molar-refractivity contribution in [1.82, 2.24) is 14.8 Å². The Bertz CT molecular complexity index is 983. The van der Waals surface area contributed by atoms with Gasteiger partial charge in [-0.15, -0.1) is 0 Å². The van der Waals surface area contributed by atoms with Gasteiger partial charge in [-0.3, -0.25) is 14.7 Å². The maximum atomic E-state index is 12.9. The van der Waals surface area contributed by atoms with Crippen molar-refractivity contribution in [3.63, 3.8) is 0 Å². The van der Waals surface area contributed by atoms with Gasteiger partial charge in [0.2, 0.25) is 0 Å². The highest BCUT2D eigenvalue weighted by Crippen LogP contribution is 2.30. The molecule has 7 nitrogen and oxygen atoms in total. The van der Waals surface area contributed by atoms with Crippen LogP contribution in [0.15, 0.2) is 59.1 Å². The molecule has 2 amide bonds. The third-order valence-corrected chi connectivity index (χ3v) is 5.11. The zero-order valence-electron chi connectivity index (χ0n) is 14.4. The molecule has 2 aliphatic heterocycles. The minimum atomic E-state index is -0.355. The molecule has 4 heterocycles. The van der Waals surface area contributed by atoms with E-state index in [-0.39, 0.29) is 24.1 Å². The number of fused-ring (bicyclic) bond motifs is 2. The van der Waals surface area contributed by atoms with E-state index in [4.69, 9.17) is 9.15 Å². The van der Waals surface area contributed by atoms with Crippen molar-refractivity contribution in [2.24, 2.45) is 0 Å². The fraction of sp³-hybridized carbons (Fsp3) is 0.250. The Morgan fingerprint density at radius 2 is 2.00 bits per heavy atom. The molecule has 0 spiro atoms. The Hall–Kier alpha value is -3.35. The fourth-order valence-electron chi connectivity index (χ4n) is 3.76. The van der Waals surface area contributed by atoms with Crippen molar-refractivity contribution in [3.05, 3.63) is 66.2 Å². The second-order valence-electron chi connectivity index (χ2n) is 6.80. The summed E-state index contributed by atoms with van der Waals surface area (Å²) in [7, 11) is 0. The molecule has 2 fully saturated rings. The monoisotopic (exact) mass is 363 g/mol. The van der Waals surface area contributed by atoms with Crippen molar-refractivity contribution in [3.8, 4) is 0 Å². The first kappa shape index (κ1) is 15.9. The largest absolute Gasteiger partial charge is 0.451 e. The standard InChI is InChI=1S/C20H17N3O4/c24-19(17-9-13-5-1-2-7-16(13)26-17)22-11-15-18(12-22)27-20(25)23(15)10-14-6-3-4-8-21-14/h1-9,15,18H,10-12H2/t15-,18+/m0/s1. The maximum absolute atomic E-state index is 12.9. The van der Waals surface area contributed by atoms with Crippen LogP contribution in [0.2, 0.25) is 0 Å². The maximum Gasteiger partial charge on any atom is 0.410 e. The average Bonchev–Trinajstić information content (AvgIpc) is 3.36. The molecule has 2 atom stereocenters. The lowest BCUT2D eigenvalue weighted by molar-refractivity contribution is 0.0699. The molecule has 5 rings (SSSR count). The summed E-state index contributed by atoms with van der Waals surface area (Å²) in [5.74, 6) is 0.119. The van der Waals surface area contributed by atoms with Gasteiger partial charge in [0.05, 0.1) is 24.8 Å². The van der Waals surface area contributed by atoms with Crippen molar-refractivity contribution in [2.75, 3.05) is 13.1 Å². The van der Waals surface area contributed by atoms with E-state index in [0.29, 0.717) is 31.0 Å². The Morgan fingerprint density at radius 3 is 2.81 bits per heavy atom. The molecule has 0 unspecified atom stereocenters. The number of rotatable bonds is 3. The Labute approximate surface area is 155 Å². The summed E-state index contributed by atoms with van der Waals surface area (Å²) in [5.41, 5.74) is 1.47. The zero-order valence-corrected chi connectivity index (χ0v) is 14.4. The van der Waals surface area contributed by atoms with Crippen molar-refractivity contribution in [2.45, 2.75) is 18.7 Å². The van der Waals surface area contributed by atoms with E-state index in [9.17, 15) is 9.59 Å². The minimum absolute atomic E-state index is 0.173. The number of likely N-dealkylation sites (tertiary alicyclic amines) is 1. The molecule has 0 radical (unpaired) electrons. The number of hydrogen-bond acceptors (Lipinski definition) is 5. The number of benzene rings is 1. The molecule has 2 aromatic heterocycles. The van der Waals surface area contributed by atoms with Gasteiger partial charge in [-0.2, -0.15) is 0 Å². The third-order valence-electron chi connectivity index (χ3n) is 5.11. The molecule has 7 heteroatoms. The lowest BCUT2D eigenvalue weighted by Crippen LogP contribution is -2.38. The van der Waals surface area contributed by atoms with E-state index in [1.165, 1.54) is 0 Å². The first-order valence-corrected chi connectivity index (χ1v) is 8.84. The van der Waals surface area contributed by atoms with E-state index in [2.05, 4.69) is 4.98 Å². The molecular formula is C20H17N3O4. The number of hydrogen-bond donors (Lipinski definition) is 0. The Balaban J connectivity index is 1.34. The van der Waals surface area contributed by atoms with Crippen molar-refractivity contribution in [1.29, 1.82) is 0 Å². The lowest BCUT2D eigenvalue weighted by atomic mass is 10.2. The summed E-state index contributed by atoms with van der Waals surface area (Å²) in [6.07, 6.45) is 1.02. The van der Waals surface area contributed by atoms with Gasteiger partial charge in [0.25, 0.3) is 5.91 Å². The summed E-state index contributed by atoms with van der Waals surface area (Å²) < 4.78 is 11.2. The normalized spacial score (nSPS) is 21.6. The van der Waals surface area contributed by atoms with E-state index >= 15 is 0 Å². The van der Waals surface area contributed by atoms with Crippen LogP contribution in [-0.2, 0) is 11.3 Å². The molecule has 0 saturated carbocycles. The van der Waals surface area contributed by atoms with Gasteiger partial charge >= 0.3 is 6.09 Å². The van der Waals surface area contributed by atoms with E-state index in [1.807, 2.05) is 42.5 Å². The summed E-state index contributed by atoms with van der Waals surface area (Å²) in [6.45, 7) is 1.15. The molecule has 2 saturated heterocycles. The van der Waals surface area contributed by atoms with Crippen LogP contribution in [0, 0.1) is 0 Å². The van der Waals surface area contributed by atoms with E-state index in [1.54, 1.807) is 22.1 Å². The van der Waals surface area contributed by atoms with Crippen LogP contribution in [0.1, 0.15) is 16.2 Å². The topological polar surface area (TPSA) is 75.9 Å². The van der Waals surface area contributed by atoms with Crippen LogP contribution < -0.4 is 0 Å². The average molecular weight is 363 g/mol. The highest BCUT2D eigenvalue weighted by molar-refractivity contribution is 5.96. The van der Waals surface area contributed by atoms with Crippen LogP contribution in [0.3, 0.4) is 0 Å². The fourth-order valence-corrected chi connectivity index (χ4v) is 3.76. The summed E-state index contributed by atoms with van der Waals surface area (Å²) >= 11 is 0. The van der Waals surface area contributed by atoms with E-state index in [0.717, 1.165) is 11.1 Å². The smallest absolute Gasteiger partial charge is 0.410 e. The number of para-hydroxylation sites is 1. The SMILES string of the molecule is O=C(c1cc2ccccc2o1)N1C[C@H]2OC(=O)N(Cc3ccccn3)[C@H]2C1. The van der Waals surface area contributed by atoms with Gasteiger partial charge in [0.15, 0.2) is 5.76 Å². The number of carbonyl (C=O) groups is 2. The number of aromatic nitrogens is 1. The molecule has 136 valence electrons. The Kier molecular flexibility index (Phi) is 3.60. The first-order valence-electron chi connectivity index (χ1n) is 8.84. The predicted molar refractivity (Wildman–Crippen MR) is 96.0 cm³/mol. The molecule has 0 N–H and O–H groups in total. The molecule has 27 heavy (non-hydrogen) atoms. The van der Waals surface area contributed by atoms with Gasteiger partial charge in [-0.1, -0.05) is 24.3 Å². The predicted octanol–water partition coefficient (Wildman–Crippen LogP) is 2.67. The van der Waals surface area contributed by atoms with Gasteiger partial charge < -0.3 is 14.1 Å². The first-order chi connectivity index (χ1) is 13.2. The van der Waals surface area contributed by atoms with Crippen LogP contribution in [0.5, 0.6) is 0 Å². The quantitative estimate of drug-likeness (QED) is 0.715. The molecule has 0 bridgehead atoms.